The van der Waals surface area contributed by atoms with Crippen molar-refractivity contribution in [3.63, 3.8) is 0 Å². The quantitative estimate of drug-likeness (QED) is 0.739. The van der Waals surface area contributed by atoms with Crippen molar-refractivity contribution in [2.24, 2.45) is 0 Å². The summed E-state index contributed by atoms with van der Waals surface area (Å²) in [7, 11) is 0. The minimum atomic E-state index is 0.667. The molecule has 4 radical (unpaired) electrons. The highest BCUT2D eigenvalue weighted by atomic mass is 15.3. The second-order valence-electron chi connectivity index (χ2n) is 6.00. The van der Waals surface area contributed by atoms with E-state index in [1.165, 1.54) is 77.5 Å². The van der Waals surface area contributed by atoms with Gasteiger partial charge in [-0.05, 0) is 25.7 Å². The molecule has 2 heteroatoms. The molecule has 2 atom stereocenters. The summed E-state index contributed by atoms with van der Waals surface area (Å²) in [5.74, 6) is 0. The third-order valence-corrected chi connectivity index (χ3v) is 4.80. The second-order valence-corrected chi connectivity index (χ2v) is 6.00. The molecule has 3 rings (SSSR count). The summed E-state index contributed by atoms with van der Waals surface area (Å²) in [5, 5.41) is 0. The van der Waals surface area contributed by atoms with Crippen LogP contribution in [-0.2, 0) is 0 Å². The lowest BCUT2D eigenvalue weighted by Crippen LogP contribution is -2.54. The summed E-state index contributed by atoms with van der Waals surface area (Å²) >= 11 is 0. The van der Waals surface area contributed by atoms with E-state index < -0.39 is 0 Å². The van der Waals surface area contributed by atoms with Crippen molar-refractivity contribution in [3.05, 3.63) is 12.8 Å². The first-order valence-electron chi connectivity index (χ1n) is 7.88. The Morgan fingerprint density at radius 3 is 1.39 bits per heavy atom. The molecule has 2 aliphatic carbocycles. The summed E-state index contributed by atoms with van der Waals surface area (Å²) in [6.45, 7) is 4.98. The molecule has 1 heterocycles. The maximum absolute atomic E-state index is 3.67. The van der Waals surface area contributed by atoms with E-state index in [9.17, 15) is 0 Å². The standard InChI is InChI=1S/C16H26N2/c1-3-7-15(8-4-1)17-11-13-18(14-12-17)16-9-5-2-6-10-16/h15-16H,1-7,9,11-14H2. The minimum absolute atomic E-state index is 0.667. The molecule has 1 aliphatic heterocycles. The van der Waals surface area contributed by atoms with Gasteiger partial charge >= 0.3 is 0 Å². The molecule has 0 bridgehead atoms. The predicted octanol–water partition coefficient (Wildman–Crippen LogP) is 2.65. The van der Waals surface area contributed by atoms with Crippen molar-refractivity contribution >= 4 is 0 Å². The van der Waals surface area contributed by atoms with Crippen LogP contribution in [0, 0.1) is 12.8 Å². The van der Waals surface area contributed by atoms with E-state index >= 15 is 0 Å². The number of rotatable bonds is 2. The van der Waals surface area contributed by atoms with Crippen molar-refractivity contribution < 1.29 is 0 Å². The zero-order chi connectivity index (χ0) is 12.2. The largest absolute Gasteiger partial charge is 0.297 e. The van der Waals surface area contributed by atoms with Crippen LogP contribution in [0.2, 0.25) is 0 Å². The third-order valence-electron chi connectivity index (χ3n) is 4.80. The van der Waals surface area contributed by atoms with E-state index in [4.69, 9.17) is 0 Å². The third kappa shape index (κ3) is 3.08. The molecule has 0 amide bonds. The van der Waals surface area contributed by atoms with Crippen LogP contribution < -0.4 is 0 Å². The molecular formula is C16H26N2. The normalized spacial score (nSPS) is 30.7. The van der Waals surface area contributed by atoms with Gasteiger partial charge in [0, 0.05) is 51.1 Å². The molecule has 100 valence electrons. The van der Waals surface area contributed by atoms with Crippen LogP contribution >= 0.6 is 0 Å². The highest BCUT2D eigenvalue weighted by molar-refractivity contribution is 4.94. The van der Waals surface area contributed by atoms with Gasteiger partial charge in [0.15, 0.2) is 0 Å². The van der Waals surface area contributed by atoms with Gasteiger partial charge in [-0.25, -0.2) is 0 Å². The zero-order valence-corrected chi connectivity index (χ0v) is 11.5. The molecule has 0 spiro atoms. The summed E-state index contributed by atoms with van der Waals surface area (Å²) in [6, 6.07) is 1.33. The number of hydrogen-bond acceptors (Lipinski definition) is 2. The second kappa shape index (κ2) is 6.38. The van der Waals surface area contributed by atoms with Gasteiger partial charge in [0.1, 0.15) is 0 Å². The smallest absolute Gasteiger partial charge is 0.0165 e. The van der Waals surface area contributed by atoms with Crippen LogP contribution in [0.15, 0.2) is 0 Å². The van der Waals surface area contributed by atoms with E-state index in [2.05, 4.69) is 22.6 Å². The highest BCUT2D eigenvalue weighted by Crippen LogP contribution is 2.26. The van der Waals surface area contributed by atoms with Gasteiger partial charge in [-0.15, -0.1) is 0 Å². The fourth-order valence-corrected chi connectivity index (χ4v) is 3.65. The first kappa shape index (κ1) is 12.9. The maximum Gasteiger partial charge on any atom is 0.0165 e. The lowest BCUT2D eigenvalue weighted by molar-refractivity contribution is 0.0709. The van der Waals surface area contributed by atoms with E-state index in [1.807, 2.05) is 0 Å². The Kier molecular flexibility index (Phi) is 4.58. The molecule has 1 saturated heterocycles. The van der Waals surface area contributed by atoms with Gasteiger partial charge < -0.3 is 0 Å². The molecule has 0 aromatic rings. The van der Waals surface area contributed by atoms with Crippen LogP contribution in [0.4, 0.5) is 0 Å². The van der Waals surface area contributed by atoms with E-state index in [-0.39, 0.29) is 0 Å². The van der Waals surface area contributed by atoms with E-state index in [1.54, 1.807) is 0 Å². The Labute approximate surface area is 113 Å². The average Bonchev–Trinajstić information content (AvgIpc) is 2.49. The molecule has 2 nitrogen and oxygen atoms in total. The van der Waals surface area contributed by atoms with E-state index in [0.717, 1.165) is 0 Å². The molecule has 18 heavy (non-hydrogen) atoms. The number of piperazine rings is 1. The first-order valence-corrected chi connectivity index (χ1v) is 7.88. The molecule has 2 saturated carbocycles. The molecule has 3 fully saturated rings. The molecular weight excluding hydrogens is 220 g/mol. The van der Waals surface area contributed by atoms with Crippen LogP contribution in [0.25, 0.3) is 0 Å². The summed E-state index contributed by atoms with van der Waals surface area (Å²) in [5.41, 5.74) is 0. The van der Waals surface area contributed by atoms with Crippen molar-refractivity contribution in [3.8, 4) is 0 Å². The highest BCUT2D eigenvalue weighted by Gasteiger charge is 2.29. The van der Waals surface area contributed by atoms with Gasteiger partial charge in [0.25, 0.3) is 0 Å². The maximum atomic E-state index is 3.67. The minimum Gasteiger partial charge on any atom is -0.297 e. The Hall–Kier alpha value is -0.0800. The Morgan fingerprint density at radius 1 is 0.611 bits per heavy atom. The summed E-state index contributed by atoms with van der Waals surface area (Å²) < 4.78 is 0. The molecule has 3 aliphatic rings. The van der Waals surface area contributed by atoms with Gasteiger partial charge in [0.05, 0.1) is 0 Å². The van der Waals surface area contributed by atoms with Gasteiger partial charge in [-0.1, -0.05) is 25.7 Å². The molecule has 2 unspecified atom stereocenters. The van der Waals surface area contributed by atoms with Crippen LogP contribution in [0.1, 0.15) is 51.4 Å². The van der Waals surface area contributed by atoms with Gasteiger partial charge in [0.2, 0.25) is 0 Å². The first-order chi connectivity index (χ1) is 8.93. The topological polar surface area (TPSA) is 6.48 Å². The predicted molar refractivity (Wildman–Crippen MR) is 74.1 cm³/mol. The lowest BCUT2D eigenvalue weighted by Gasteiger charge is -2.43. The zero-order valence-electron chi connectivity index (χ0n) is 11.5. The number of hydrogen-bond donors (Lipinski definition) is 0. The monoisotopic (exact) mass is 246 g/mol. The van der Waals surface area contributed by atoms with E-state index in [0.29, 0.717) is 12.1 Å². The molecule has 0 aromatic heterocycles. The average molecular weight is 246 g/mol. The number of nitrogens with zero attached hydrogens (tertiary/aromatic N) is 2. The van der Waals surface area contributed by atoms with Gasteiger partial charge in [-0.3, -0.25) is 9.80 Å². The SMILES string of the molecule is [C]1CCCCC1N1CCN(C2[C]CCCC2)CC1. The van der Waals surface area contributed by atoms with Crippen LogP contribution in [0.3, 0.4) is 0 Å². The fourth-order valence-electron chi connectivity index (χ4n) is 3.65. The van der Waals surface area contributed by atoms with Gasteiger partial charge in [-0.2, -0.15) is 0 Å². The summed E-state index contributed by atoms with van der Waals surface area (Å²) in [6.07, 6.45) is 18.0. The van der Waals surface area contributed by atoms with Crippen molar-refractivity contribution in [2.75, 3.05) is 26.2 Å². The van der Waals surface area contributed by atoms with Crippen LogP contribution in [0.5, 0.6) is 0 Å². The Balaban J connectivity index is 1.45. The Bertz CT molecular complexity index is 207. The van der Waals surface area contributed by atoms with Crippen molar-refractivity contribution in [1.82, 2.24) is 9.80 Å². The summed E-state index contributed by atoms with van der Waals surface area (Å²) in [4.78, 5) is 5.33. The fraction of sp³-hybridized carbons (Fsp3) is 0.875. The Morgan fingerprint density at radius 2 is 1.06 bits per heavy atom. The van der Waals surface area contributed by atoms with Crippen molar-refractivity contribution in [2.45, 2.75) is 63.5 Å². The molecule has 0 N–H and O–H groups in total. The van der Waals surface area contributed by atoms with Crippen molar-refractivity contribution in [1.29, 1.82) is 0 Å². The molecule has 0 aromatic carbocycles. The lowest BCUT2D eigenvalue weighted by atomic mass is 9.92. The van der Waals surface area contributed by atoms with Crippen LogP contribution in [-0.4, -0.2) is 48.1 Å².